The third kappa shape index (κ3) is 5.93. The molecule has 5 nitrogen and oxygen atoms in total. The second kappa shape index (κ2) is 9.67. The molecule has 7 heteroatoms. The van der Waals surface area contributed by atoms with Crippen LogP contribution in [0.25, 0.3) is 6.08 Å². The lowest BCUT2D eigenvalue weighted by Crippen LogP contribution is -2.21. The van der Waals surface area contributed by atoms with Crippen molar-refractivity contribution >= 4 is 35.2 Å². The van der Waals surface area contributed by atoms with Crippen LogP contribution in [0.3, 0.4) is 0 Å². The predicted molar refractivity (Wildman–Crippen MR) is 105 cm³/mol. The Bertz CT molecular complexity index is 947. The number of rotatable bonds is 6. The van der Waals surface area contributed by atoms with Crippen LogP contribution in [0.4, 0.5) is 10.1 Å². The van der Waals surface area contributed by atoms with Gasteiger partial charge >= 0.3 is 5.97 Å². The maximum absolute atomic E-state index is 13.7. The van der Waals surface area contributed by atoms with Crippen LogP contribution in [0, 0.1) is 17.1 Å². The lowest BCUT2D eigenvalue weighted by Gasteiger charge is -2.08. The molecular formula is C21H18ClFN2O3. The standard InChI is InChI=1S/C21H18ClFN2O3/c1-13(2)15-5-3-14(4-6-15)9-16(11-24)21(27)28-12-20(26)25-19-8-7-17(22)10-18(19)23/h3-10,13H,12H2,1-2H3,(H,25,26)/b16-9+. The number of anilines is 1. The van der Waals surface area contributed by atoms with Gasteiger partial charge in [-0.1, -0.05) is 49.7 Å². The number of nitriles is 1. The maximum atomic E-state index is 13.7. The Morgan fingerprint density at radius 1 is 1.25 bits per heavy atom. The van der Waals surface area contributed by atoms with Crippen molar-refractivity contribution in [2.45, 2.75) is 19.8 Å². The molecule has 0 spiro atoms. The lowest BCUT2D eigenvalue weighted by atomic mass is 10.0. The molecule has 0 radical (unpaired) electrons. The average Bonchev–Trinajstić information content (AvgIpc) is 2.66. The first-order valence-electron chi connectivity index (χ1n) is 8.44. The molecule has 0 unspecified atom stereocenters. The summed E-state index contributed by atoms with van der Waals surface area (Å²) in [5, 5.41) is 11.6. The molecule has 0 saturated carbocycles. The summed E-state index contributed by atoms with van der Waals surface area (Å²) in [5.41, 5.74) is 1.45. The third-order valence-electron chi connectivity index (χ3n) is 3.79. The van der Waals surface area contributed by atoms with Crippen molar-refractivity contribution in [2.75, 3.05) is 11.9 Å². The van der Waals surface area contributed by atoms with E-state index in [0.717, 1.165) is 11.6 Å². The number of hydrogen-bond donors (Lipinski definition) is 1. The van der Waals surface area contributed by atoms with Gasteiger partial charge in [-0.3, -0.25) is 4.79 Å². The van der Waals surface area contributed by atoms with E-state index in [0.29, 0.717) is 11.5 Å². The highest BCUT2D eigenvalue weighted by molar-refractivity contribution is 6.30. The summed E-state index contributed by atoms with van der Waals surface area (Å²) < 4.78 is 18.5. The van der Waals surface area contributed by atoms with Gasteiger partial charge in [-0.2, -0.15) is 5.26 Å². The van der Waals surface area contributed by atoms with Crippen LogP contribution in [-0.2, 0) is 14.3 Å². The molecule has 0 aliphatic rings. The molecule has 2 aromatic carbocycles. The molecule has 144 valence electrons. The van der Waals surface area contributed by atoms with E-state index in [-0.39, 0.29) is 16.3 Å². The molecule has 2 rings (SSSR count). The van der Waals surface area contributed by atoms with Gasteiger partial charge in [-0.05, 0) is 41.3 Å². The van der Waals surface area contributed by atoms with Crippen molar-refractivity contribution in [3.8, 4) is 6.07 Å². The van der Waals surface area contributed by atoms with Gasteiger partial charge in [0, 0.05) is 5.02 Å². The monoisotopic (exact) mass is 400 g/mol. The number of benzene rings is 2. The molecule has 2 aromatic rings. The molecule has 0 bridgehead atoms. The number of esters is 1. The minimum Gasteiger partial charge on any atom is -0.451 e. The summed E-state index contributed by atoms with van der Waals surface area (Å²) in [6.45, 7) is 3.46. The molecule has 1 N–H and O–H groups in total. The Balaban J connectivity index is 1.97. The number of amides is 1. The van der Waals surface area contributed by atoms with E-state index < -0.39 is 24.3 Å². The van der Waals surface area contributed by atoms with Gasteiger partial charge in [0.15, 0.2) is 6.61 Å². The zero-order valence-corrected chi connectivity index (χ0v) is 16.1. The topological polar surface area (TPSA) is 79.2 Å². The SMILES string of the molecule is CC(C)c1ccc(/C=C(\C#N)C(=O)OCC(=O)Nc2ccc(Cl)cc2F)cc1. The Hall–Kier alpha value is -3.17. The number of hydrogen-bond acceptors (Lipinski definition) is 4. The molecule has 28 heavy (non-hydrogen) atoms. The number of ether oxygens (including phenoxy) is 1. The zero-order chi connectivity index (χ0) is 20.7. The Morgan fingerprint density at radius 2 is 1.93 bits per heavy atom. The fourth-order valence-corrected chi connectivity index (χ4v) is 2.43. The summed E-state index contributed by atoms with van der Waals surface area (Å²) in [4.78, 5) is 23.9. The van der Waals surface area contributed by atoms with E-state index in [4.69, 9.17) is 16.3 Å². The van der Waals surface area contributed by atoms with Crippen LogP contribution in [0.15, 0.2) is 48.0 Å². The van der Waals surface area contributed by atoms with Crippen molar-refractivity contribution in [1.29, 1.82) is 5.26 Å². The first kappa shape index (κ1) is 21.1. The van der Waals surface area contributed by atoms with E-state index in [9.17, 15) is 19.2 Å². The Morgan fingerprint density at radius 3 is 2.50 bits per heavy atom. The number of nitrogens with one attached hydrogen (secondary N) is 1. The van der Waals surface area contributed by atoms with E-state index in [1.807, 2.05) is 12.1 Å². The third-order valence-corrected chi connectivity index (χ3v) is 4.03. The molecule has 0 atom stereocenters. The second-order valence-corrected chi connectivity index (χ2v) is 6.68. The van der Waals surface area contributed by atoms with E-state index in [2.05, 4.69) is 19.2 Å². The van der Waals surface area contributed by atoms with Crippen molar-refractivity contribution in [3.63, 3.8) is 0 Å². The van der Waals surface area contributed by atoms with Crippen LogP contribution in [0.2, 0.25) is 5.02 Å². The van der Waals surface area contributed by atoms with E-state index in [1.165, 1.54) is 18.2 Å². The number of nitrogens with zero attached hydrogens (tertiary/aromatic N) is 1. The van der Waals surface area contributed by atoms with Crippen molar-refractivity contribution in [3.05, 3.63) is 70.0 Å². The first-order chi connectivity index (χ1) is 13.3. The molecule has 0 aliphatic heterocycles. The quantitative estimate of drug-likeness (QED) is 0.433. The van der Waals surface area contributed by atoms with Crippen LogP contribution < -0.4 is 5.32 Å². The average molecular weight is 401 g/mol. The fraction of sp³-hybridized carbons (Fsp3) is 0.190. The zero-order valence-electron chi connectivity index (χ0n) is 15.3. The number of carbonyl (C=O) groups excluding carboxylic acids is 2. The van der Waals surface area contributed by atoms with Crippen LogP contribution >= 0.6 is 11.6 Å². The van der Waals surface area contributed by atoms with Crippen LogP contribution in [0.5, 0.6) is 0 Å². The highest BCUT2D eigenvalue weighted by atomic mass is 35.5. The largest absolute Gasteiger partial charge is 0.451 e. The van der Waals surface area contributed by atoms with Gasteiger partial charge in [0.1, 0.15) is 17.5 Å². The van der Waals surface area contributed by atoms with Gasteiger partial charge in [-0.25, -0.2) is 9.18 Å². The molecular weight excluding hydrogens is 383 g/mol. The Kier molecular flexibility index (Phi) is 7.30. The van der Waals surface area contributed by atoms with Crippen molar-refractivity contribution in [1.82, 2.24) is 0 Å². The molecule has 0 fully saturated rings. The van der Waals surface area contributed by atoms with Gasteiger partial charge < -0.3 is 10.1 Å². The maximum Gasteiger partial charge on any atom is 0.349 e. The minimum atomic E-state index is -0.942. The summed E-state index contributed by atoms with van der Waals surface area (Å²) in [7, 11) is 0. The summed E-state index contributed by atoms with van der Waals surface area (Å²) >= 11 is 5.64. The van der Waals surface area contributed by atoms with Gasteiger partial charge in [0.25, 0.3) is 5.91 Å². The van der Waals surface area contributed by atoms with Crippen molar-refractivity contribution < 1.29 is 18.7 Å². The van der Waals surface area contributed by atoms with Crippen molar-refractivity contribution in [2.24, 2.45) is 0 Å². The molecule has 0 aliphatic carbocycles. The molecule has 0 aromatic heterocycles. The van der Waals surface area contributed by atoms with E-state index in [1.54, 1.807) is 18.2 Å². The van der Waals surface area contributed by atoms with E-state index >= 15 is 0 Å². The second-order valence-electron chi connectivity index (χ2n) is 6.24. The summed E-state index contributed by atoms with van der Waals surface area (Å²) in [6, 6.07) is 12.9. The number of halogens is 2. The van der Waals surface area contributed by atoms with Gasteiger partial charge in [0.05, 0.1) is 5.69 Å². The predicted octanol–water partition coefficient (Wildman–Crippen LogP) is 4.69. The van der Waals surface area contributed by atoms with Crippen LogP contribution in [-0.4, -0.2) is 18.5 Å². The fourth-order valence-electron chi connectivity index (χ4n) is 2.27. The number of carbonyl (C=O) groups is 2. The smallest absolute Gasteiger partial charge is 0.349 e. The highest BCUT2D eigenvalue weighted by Crippen LogP contribution is 2.19. The minimum absolute atomic E-state index is 0.0910. The first-order valence-corrected chi connectivity index (χ1v) is 8.81. The normalized spacial score (nSPS) is 11.1. The molecule has 0 saturated heterocycles. The highest BCUT2D eigenvalue weighted by Gasteiger charge is 2.14. The lowest BCUT2D eigenvalue weighted by molar-refractivity contribution is -0.142. The molecule has 1 amide bonds. The van der Waals surface area contributed by atoms with Gasteiger partial charge in [-0.15, -0.1) is 0 Å². The summed E-state index contributed by atoms with van der Waals surface area (Å²) in [6.07, 6.45) is 1.38. The Labute approximate surface area is 167 Å². The summed E-state index contributed by atoms with van der Waals surface area (Å²) in [5.74, 6) is -2.03. The van der Waals surface area contributed by atoms with Crippen LogP contribution in [0.1, 0.15) is 30.9 Å². The molecule has 0 heterocycles. The van der Waals surface area contributed by atoms with Gasteiger partial charge in [0.2, 0.25) is 0 Å².